The van der Waals surface area contributed by atoms with Crippen molar-refractivity contribution in [1.29, 1.82) is 0 Å². The number of carboxylic acid groups (broad SMARTS) is 1. The van der Waals surface area contributed by atoms with E-state index >= 15 is 0 Å². The second-order valence-corrected chi connectivity index (χ2v) is 11.9. The Morgan fingerprint density at radius 1 is 0.795 bits per heavy atom. The monoisotopic (exact) mass is 618 g/mol. The quantitative estimate of drug-likeness (QED) is 0.128. The molecule has 11 heteroatoms. The van der Waals surface area contributed by atoms with Crippen molar-refractivity contribution in [2.24, 2.45) is 0 Å². The molecule has 4 aromatic carbocycles. The number of aliphatic carboxylic acids is 1. The van der Waals surface area contributed by atoms with Gasteiger partial charge in [0.05, 0.1) is 26.7 Å². The molecule has 0 aliphatic carbocycles. The zero-order valence-electron chi connectivity index (χ0n) is 24.3. The molecule has 0 aromatic heterocycles. The molecule has 0 fully saturated rings. The highest BCUT2D eigenvalue weighted by molar-refractivity contribution is 7.53. The lowest BCUT2D eigenvalue weighted by atomic mass is 9.94. The normalized spacial score (nSPS) is 12.3. The number of rotatable bonds is 14. The summed E-state index contributed by atoms with van der Waals surface area (Å²) in [6.07, 6.45) is -0.288. The highest BCUT2D eigenvalue weighted by atomic mass is 31.2. The first-order chi connectivity index (χ1) is 21.1. The average Bonchev–Trinajstić information content (AvgIpc) is 3.03. The Labute approximate surface area is 255 Å². The van der Waals surface area contributed by atoms with Crippen molar-refractivity contribution in [2.45, 2.75) is 24.2 Å². The molecular formula is C33H35N2O8P. The maximum absolute atomic E-state index is 13.7. The molecule has 0 saturated heterocycles. The van der Waals surface area contributed by atoms with Crippen LogP contribution in [0.25, 0.3) is 11.1 Å². The summed E-state index contributed by atoms with van der Waals surface area (Å²) in [6.45, 7) is -0.166. The van der Waals surface area contributed by atoms with Gasteiger partial charge in [0.15, 0.2) is 5.28 Å². The molecule has 0 aliphatic heterocycles. The van der Waals surface area contributed by atoms with Crippen LogP contribution < -0.4 is 20.1 Å². The van der Waals surface area contributed by atoms with Gasteiger partial charge in [0.1, 0.15) is 11.5 Å². The van der Waals surface area contributed by atoms with Crippen LogP contribution in [0, 0.1) is 0 Å². The van der Waals surface area contributed by atoms with E-state index in [0.29, 0.717) is 17.1 Å². The van der Waals surface area contributed by atoms with Gasteiger partial charge in [-0.1, -0.05) is 78.9 Å². The molecule has 0 saturated carbocycles. The van der Waals surface area contributed by atoms with Crippen LogP contribution in [-0.4, -0.2) is 53.6 Å². The Morgan fingerprint density at radius 2 is 1.34 bits per heavy atom. The van der Waals surface area contributed by atoms with Gasteiger partial charge in [-0.25, -0.2) is 0 Å². The molecule has 0 bridgehead atoms. The third-order valence-electron chi connectivity index (χ3n) is 7.25. The van der Waals surface area contributed by atoms with Crippen LogP contribution in [0.3, 0.4) is 0 Å². The van der Waals surface area contributed by atoms with Crippen LogP contribution in [-0.2, 0) is 25.9 Å². The fourth-order valence-corrected chi connectivity index (χ4v) is 6.30. The Morgan fingerprint density at radius 3 is 1.84 bits per heavy atom. The number of amides is 1. The molecule has 1 amide bonds. The van der Waals surface area contributed by atoms with Gasteiger partial charge in [0, 0.05) is 6.54 Å². The van der Waals surface area contributed by atoms with Gasteiger partial charge < -0.3 is 29.7 Å². The number of ether oxygens (including phenoxy) is 2. The molecule has 10 nitrogen and oxygen atoms in total. The van der Waals surface area contributed by atoms with Gasteiger partial charge in [-0.3, -0.25) is 19.5 Å². The standard InChI is InChI=1S/C33H35N2O8P/c1-42-28-12-6-10-26(21-28)33(44(39,40)41,27-11-7-13-29(22-27)43-2)35-30(32(38)34-19-18-31(36)37)20-23-14-16-25(17-15-23)24-8-4-3-5-9-24/h3-17,21-22,30,35H,18-20H2,1-2H3,(H,34,38)(H,36,37)(H2,39,40,41). The van der Waals surface area contributed by atoms with Gasteiger partial charge in [-0.2, -0.15) is 0 Å². The van der Waals surface area contributed by atoms with Crippen molar-refractivity contribution in [3.63, 3.8) is 0 Å². The molecule has 0 radical (unpaired) electrons. The predicted molar refractivity (Wildman–Crippen MR) is 167 cm³/mol. The van der Waals surface area contributed by atoms with E-state index in [4.69, 9.17) is 14.6 Å². The van der Waals surface area contributed by atoms with E-state index in [1.807, 2.05) is 54.6 Å². The molecule has 0 aliphatic rings. The van der Waals surface area contributed by atoms with Crippen LogP contribution in [0.15, 0.2) is 103 Å². The van der Waals surface area contributed by atoms with E-state index in [1.54, 1.807) is 36.4 Å². The largest absolute Gasteiger partial charge is 0.497 e. The Balaban J connectivity index is 1.83. The minimum absolute atomic E-state index is 0.0314. The lowest BCUT2D eigenvalue weighted by Crippen LogP contribution is -2.55. The first-order valence-corrected chi connectivity index (χ1v) is 15.4. The minimum atomic E-state index is -5.20. The lowest BCUT2D eigenvalue weighted by molar-refractivity contribution is -0.137. The number of hydrogen-bond donors (Lipinski definition) is 5. The zero-order valence-corrected chi connectivity index (χ0v) is 25.2. The summed E-state index contributed by atoms with van der Waals surface area (Å²) in [5.74, 6) is -1.02. The van der Waals surface area contributed by atoms with Crippen molar-refractivity contribution >= 4 is 19.5 Å². The molecule has 4 rings (SSSR count). The van der Waals surface area contributed by atoms with Crippen LogP contribution in [0.4, 0.5) is 0 Å². The second-order valence-electron chi connectivity index (χ2n) is 10.1. The fraction of sp³-hybridized carbons (Fsp3) is 0.212. The van der Waals surface area contributed by atoms with E-state index in [0.717, 1.165) is 11.1 Å². The Bertz CT molecular complexity index is 1580. The third kappa shape index (κ3) is 7.53. The zero-order chi connectivity index (χ0) is 31.7. The number of hydrogen-bond acceptors (Lipinski definition) is 6. The van der Waals surface area contributed by atoms with Crippen molar-refractivity contribution < 1.29 is 38.5 Å². The van der Waals surface area contributed by atoms with Crippen LogP contribution in [0.1, 0.15) is 23.1 Å². The minimum Gasteiger partial charge on any atom is -0.497 e. The van der Waals surface area contributed by atoms with Gasteiger partial charge in [0.2, 0.25) is 5.91 Å². The summed E-state index contributed by atoms with van der Waals surface area (Å²) in [5, 5.41) is 12.5. The van der Waals surface area contributed by atoms with Crippen LogP contribution >= 0.6 is 7.60 Å². The van der Waals surface area contributed by atoms with Crippen molar-refractivity contribution in [3.8, 4) is 22.6 Å². The molecule has 0 heterocycles. The van der Waals surface area contributed by atoms with Gasteiger partial charge in [-0.15, -0.1) is 0 Å². The third-order valence-corrected chi connectivity index (χ3v) is 8.77. The van der Waals surface area contributed by atoms with E-state index in [-0.39, 0.29) is 30.5 Å². The molecule has 1 unspecified atom stereocenters. The predicted octanol–water partition coefficient (Wildman–Crippen LogP) is 4.54. The molecular weight excluding hydrogens is 583 g/mol. The van der Waals surface area contributed by atoms with Gasteiger partial charge >= 0.3 is 13.6 Å². The molecule has 5 N–H and O–H groups in total. The molecule has 0 spiro atoms. The van der Waals surface area contributed by atoms with E-state index < -0.39 is 30.8 Å². The molecule has 1 atom stereocenters. The molecule has 44 heavy (non-hydrogen) atoms. The van der Waals surface area contributed by atoms with Gasteiger partial charge in [-0.05, 0) is 58.5 Å². The van der Waals surface area contributed by atoms with Crippen molar-refractivity contribution in [2.75, 3.05) is 20.8 Å². The fourth-order valence-electron chi connectivity index (χ4n) is 5.03. The first-order valence-electron chi connectivity index (χ1n) is 13.8. The number of benzene rings is 4. The molecule has 4 aromatic rings. The van der Waals surface area contributed by atoms with Gasteiger partial charge in [0.25, 0.3) is 0 Å². The van der Waals surface area contributed by atoms with E-state index in [1.165, 1.54) is 26.4 Å². The molecule has 230 valence electrons. The summed E-state index contributed by atoms with van der Waals surface area (Å²) in [6, 6.07) is 28.6. The van der Waals surface area contributed by atoms with Crippen LogP contribution in [0.2, 0.25) is 0 Å². The Kier molecular flexibility index (Phi) is 10.6. The summed E-state index contributed by atoms with van der Waals surface area (Å²) < 4.78 is 24.5. The van der Waals surface area contributed by atoms with Crippen molar-refractivity contribution in [1.82, 2.24) is 10.6 Å². The average molecular weight is 619 g/mol. The number of carboxylic acids is 1. The maximum Gasteiger partial charge on any atom is 0.354 e. The highest BCUT2D eigenvalue weighted by Crippen LogP contribution is 2.59. The highest BCUT2D eigenvalue weighted by Gasteiger charge is 2.52. The Hall–Kier alpha value is -4.47. The summed E-state index contributed by atoms with van der Waals surface area (Å²) in [5.41, 5.74) is 2.99. The number of carbonyl (C=O) groups excluding carboxylic acids is 1. The van der Waals surface area contributed by atoms with E-state index in [9.17, 15) is 23.9 Å². The maximum atomic E-state index is 13.7. The SMILES string of the molecule is COc1cccc(C(NC(Cc2ccc(-c3ccccc3)cc2)C(=O)NCCC(=O)O)(c2cccc(OC)c2)P(=O)(O)O)c1. The number of methoxy groups -OCH3 is 2. The van der Waals surface area contributed by atoms with Crippen molar-refractivity contribution in [3.05, 3.63) is 120 Å². The summed E-state index contributed by atoms with van der Waals surface area (Å²) >= 11 is 0. The second kappa shape index (κ2) is 14.3. The van der Waals surface area contributed by atoms with E-state index in [2.05, 4.69) is 10.6 Å². The number of nitrogens with one attached hydrogen (secondary N) is 2. The summed E-state index contributed by atoms with van der Waals surface area (Å²) in [4.78, 5) is 47.1. The topological polar surface area (TPSA) is 154 Å². The van der Waals surface area contributed by atoms with Crippen LogP contribution in [0.5, 0.6) is 11.5 Å². The number of carbonyl (C=O) groups is 2. The lowest BCUT2D eigenvalue weighted by Gasteiger charge is -2.39. The summed E-state index contributed by atoms with van der Waals surface area (Å²) in [7, 11) is -2.32. The first kappa shape index (κ1) is 32.4. The smallest absolute Gasteiger partial charge is 0.354 e.